The van der Waals surface area contributed by atoms with Gasteiger partial charge in [0.1, 0.15) is 13.2 Å². The Hall–Kier alpha value is -2.11. The molecule has 0 aliphatic heterocycles. The van der Waals surface area contributed by atoms with Gasteiger partial charge in [-0.05, 0) is 70.6 Å². The van der Waals surface area contributed by atoms with E-state index in [0.29, 0.717) is 19.3 Å². The van der Waals surface area contributed by atoms with Crippen LogP contribution in [0.2, 0.25) is 0 Å². The minimum Gasteiger partial charge on any atom is -0.462 e. The summed E-state index contributed by atoms with van der Waals surface area (Å²) in [6, 6.07) is 0. The largest absolute Gasteiger partial charge is 0.462 e. The van der Waals surface area contributed by atoms with Gasteiger partial charge >= 0.3 is 17.9 Å². The molecule has 0 aliphatic carbocycles. The van der Waals surface area contributed by atoms with Crippen molar-refractivity contribution >= 4 is 17.9 Å². The molecule has 466 valence electrons. The first-order valence-corrected chi connectivity index (χ1v) is 35.8. The molecule has 6 nitrogen and oxygen atoms in total. The topological polar surface area (TPSA) is 78.9 Å². The second-order valence-corrected chi connectivity index (χ2v) is 24.5. The second kappa shape index (κ2) is 68.4. The number of hydrogen-bond acceptors (Lipinski definition) is 6. The fourth-order valence-electron chi connectivity index (χ4n) is 11.0. The lowest BCUT2D eigenvalue weighted by atomic mass is 10.0. The minimum absolute atomic E-state index is 0.0685. The fourth-order valence-corrected chi connectivity index (χ4v) is 11.0. The second-order valence-electron chi connectivity index (χ2n) is 24.5. The molecule has 0 amide bonds. The van der Waals surface area contributed by atoms with Crippen LogP contribution >= 0.6 is 0 Å². The molecule has 0 aromatic heterocycles. The summed E-state index contributed by atoms with van der Waals surface area (Å²) in [6.45, 7) is 6.70. The molecule has 0 aromatic rings. The van der Waals surface area contributed by atoms with E-state index in [1.807, 2.05) is 0 Å². The van der Waals surface area contributed by atoms with Gasteiger partial charge in [0.25, 0.3) is 0 Å². The van der Waals surface area contributed by atoms with Crippen LogP contribution in [0.1, 0.15) is 406 Å². The first-order chi connectivity index (χ1) is 39.0. The molecule has 1 unspecified atom stereocenters. The zero-order valence-electron chi connectivity index (χ0n) is 53.7. The van der Waals surface area contributed by atoms with E-state index in [0.717, 1.165) is 64.2 Å². The van der Waals surface area contributed by atoms with E-state index >= 15 is 0 Å². The van der Waals surface area contributed by atoms with Gasteiger partial charge in [0, 0.05) is 19.3 Å². The van der Waals surface area contributed by atoms with E-state index in [1.54, 1.807) is 0 Å². The number of carbonyl (C=O) groups excluding carboxylic acids is 3. The highest BCUT2D eigenvalue weighted by Gasteiger charge is 2.19. The van der Waals surface area contributed by atoms with E-state index in [1.165, 1.54) is 302 Å². The normalized spacial score (nSPS) is 12.1. The van der Waals surface area contributed by atoms with Gasteiger partial charge in [0.05, 0.1) is 0 Å². The molecule has 0 N–H and O–H groups in total. The Labute approximate surface area is 493 Å². The van der Waals surface area contributed by atoms with Gasteiger partial charge in [-0.15, -0.1) is 0 Å². The maximum Gasteiger partial charge on any atom is 0.306 e. The van der Waals surface area contributed by atoms with E-state index in [-0.39, 0.29) is 31.1 Å². The Kier molecular flexibility index (Phi) is 66.6. The molecule has 0 aliphatic rings. The zero-order valence-corrected chi connectivity index (χ0v) is 53.7. The molecule has 0 heterocycles. The Bertz CT molecular complexity index is 1270. The number of carbonyl (C=O) groups is 3. The Morgan fingerprint density at radius 1 is 0.241 bits per heavy atom. The number of esters is 3. The Morgan fingerprint density at radius 2 is 0.418 bits per heavy atom. The molecule has 0 aromatic carbocycles. The van der Waals surface area contributed by atoms with Crippen LogP contribution in [-0.2, 0) is 28.6 Å². The average molecular weight is 1110 g/mol. The van der Waals surface area contributed by atoms with Crippen LogP contribution in [0.4, 0.5) is 0 Å². The van der Waals surface area contributed by atoms with Gasteiger partial charge in [-0.2, -0.15) is 0 Å². The summed E-state index contributed by atoms with van der Waals surface area (Å²) in [4.78, 5) is 38.4. The summed E-state index contributed by atoms with van der Waals surface area (Å²) in [6.07, 6.45) is 83.6. The smallest absolute Gasteiger partial charge is 0.306 e. The SMILES string of the molecule is CCCCCC/C=C\CCCCCCCC(=O)OCC(COC(=O)CCCCCCCCCCCCCCCCCCCCCCCCCCC)OC(=O)CCCCCCCCCCCCC/C=C\CCCCCCCCCC. The summed E-state index contributed by atoms with van der Waals surface area (Å²) in [5.74, 6) is -0.847. The summed E-state index contributed by atoms with van der Waals surface area (Å²) < 4.78 is 17.0. The maximum atomic E-state index is 13.0. The quantitative estimate of drug-likeness (QED) is 0.0261. The van der Waals surface area contributed by atoms with Gasteiger partial charge in [-0.25, -0.2) is 0 Å². The third kappa shape index (κ3) is 66.6. The zero-order chi connectivity index (χ0) is 57.1. The molecule has 6 heteroatoms. The van der Waals surface area contributed by atoms with Crippen molar-refractivity contribution in [3.63, 3.8) is 0 Å². The standard InChI is InChI=1S/C73H138O6/c1-4-7-10-13-16-19-22-25-27-29-31-33-35-36-38-39-41-43-45-48-51-54-57-60-63-66-72(75)78-69-70(68-77-71(74)65-62-59-56-53-50-47-24-21-18-15-12-9-6-3)79-73(76)67-64-61-58-55-52-49-46-44-42-40-37-34-32-30-28-26-23-20-17-14-11-8-5-2/h21,24,30,32,70H,4-20,22-23,25-29,31,33-69H2,1-3H3/b24-21-,32-30-. The summed E-state index contributed by atoms with van der Waals surface area (Å²) in [7, 11) is 0. The van der Waals surface area contributed by atoms with Crippen molar-refractivity contribution in [2.24, 2.45) is 0 Å². The highest BCUT2D eigenvalue weighted by Crippen LogP contribution is 2.19. The summed E-state index contributed by atoms with van der Waals surface area (Å²) >= 11 is 0. The van der Waals surface area contributed by atoms with Crippen LogP contribution in [0.15, 0.2) is 24.3 Å². The fraction of sp³-hybridized carbons (Fsp3) is 0.904. The average Bonchev–Trinajstić information content (AvgIpc) is 3.45. The molecule has 0 radical (unpaired) electrons. The van der Waals surface area contributed by atoms with Crippen LogP contribution in [0.3, 0.4) is 0 Å². The van der Waals surface area contributed by atoms with Crippen molar-refractivity contribution in [2.75, 3.05) is 13.2 Å². The van der Waals surface area contributed by atoms with Crippen molar-refractivity contribution < 1.29 is 28.6 Å². The summed E-state index contributed by atoms with van der Waals surface area (Å²) in [5, 5.41) is 0. The molecular formula is C73H138O6. The lowest BCUT2D eigenvalue weighted by Gasteiger charge is -2.18. The minimum atomic E-state index is -0.773. The highest BCUT2D eigenvalue weighted by molar-refractivity contribution is 5.71. The van der Waals surface area contributed by atoms with E-state index in [9.17, 15) is 14.4 Å². The number of allylic oxidation sites excluding steroid dienone is 4. The Balaban J connectivity index is 4.21. The number of unbranched alkanes of at least 4 members (excludes halogenated alkanes) is 52. The monoisotopic (exact) mass is 1110 g/mol. The number of rotatable bonds is 67. The van der Waals surface area contributed by atoms with Gasteiger partial charge in [0.2, 0.25) is 0 Å². The van der Waals surface area contributed by atoms with Gasteiger partial charge < -0.3 is 14.2 Å². The molecule has 1 atom stereocenters. The van der Waals surface area contributed by atoms with Crippen molar-refractivity contribution in [3.8, 4) is 0 Å². The first kappa shape index (κ1) is 76.9. The van der Waals surface area contributed by atoms with Crippen molar-refractivity contribution in [3.05, 3.63) is 24.3 Å². The molecule has 0 rings (SSSR count). The Morgan fingerprint density at radius 3 is 0.646 bits per heavy atom. The molecule has 0 saturated heterocycles. The van der Waals surface area contributed by atoms with Gasteiger partial charge in [0.15, 0.2) is 6.10 Å². The first-order valence-electron chi connectivity index (χ1n) is 35.8. The van der Waals surface area contributed by atoms with Crippen LogP contribution < -0.4 is 0 Å². The van der Waals surface area contributed by atoms with E-state index in [2.05, 4.69) is 45.1 Å². The summed E-state index contributed by atoms with van der Waals surface area (Å²) in [5.41, 5.74) is 0. The lowest BCUT2D eigenvalue weighted by molar-refractivity contribution is -0.167. The van der Waals surface area contributed by atoms with Crippen LogP contribution in [0, 0.1) is 0 Å². The van der Waals surface area contributed by atoms with E-state index in [4.69, 9.17) is 14.2 Å². The molecule has 0 spiro atoms. The lowest BCUT2D eigenvalue weighted by Crippen LogP contribution is -2.30. The molecule has 0 fully saturated rings. The molecule has 0 bridgehead atoms. The number of ether oxygens (including phenoxy) is 3. The predicted molar refractivity (Wildman–Crippen MR) is 344 cm³/mol. The van der Waals surface area contributed by atoms with Crippen LogP contribution in [0.5, 0.6) is 0 Å². The molecular weight excluding hydrogens is 973 g/mol. The van der Waals surface area contributed by atoms with Crippen molar-refractivity contribution in [1.29, 1.82) is 0 Å². The van der Waals surface area contributed by atoms with E-state index < -0.39 is 6.10 Å². The maximum absolute atomic E-state index is 13.0. The molecule has 0 saturated carbocycles. The third-order valence-electron chi connectivity index (χ3n) is 16.4. The van der Waals surface area contributed by atoms with Crippen LogP contribution in [-0.4, -0.2) is 37.2 Å². The third-order valence-corrected chi connectivity index (χ3v) is 16.4. The highest BCUT2D eigenvalue weighted by atomic mass is 16.6. The van der Waals surface area contributed by atoms with Crippen molar-refractivity contribution in [2.45, 2.75) is 412 Å². The van der Waals surface area contributed by atoms with Crippen molar-refractivity contribution in [1.82, 2.24) is 0 Å². The van der Waals surface area contributed by atoms with Gasteiger partial charge in [-0.1, -0.05) is 340 Å². The molecule has 79 heavy (non-hydrogen) atoms. The van der Waals surface area contributed by atoms with Crippen LogP contribution in [0.25, 0.3) is 0 Å². The predicted octanol–water partition coefficient (Wildman–Crippen LogP) is 24.6. The number of hydrogen-bond donors (Lipinski definition) is 0. The van der Waals surface area contributed by atoms with Gasteiger partial charge in [-0.3, -0.25) is 14.4 Å².